The first-order chi connectivity index (χ1) is 5.24. The van der Waals surface area contributed by atoms with E-state index in [9.17, 15) is 4.79 Å². The summed E-state index contributed by atoms with van der Waals surface area (Å²) in [5.41, 5.74) is 0. The van der Waals surface area contributed by atoms with Gasteiger partial charge in [0.15, 0.2) is 0 Å². The van der Waals surface area contributed by atoms with Crippen LogP contribution in [0.25, 0.3) is 0 Å². The SMILES string of the molecule is COC(=O)Cn1cnnc1Cl. The van der Waals surface area contributed by atoms with Crippen molar-refractivity contribution in [1.29, 1.82) is 0 Å². The molecule has 1 rings (SSSR count). The number of esters is 1. The molecule has 60 valence electrons. The predicted molar refractivity (Wildman–Crippen MR) is 37.0 cm³/mol. The molecule has 0 aliphatic heterocycles. The first-order valence-corrected chi connectivity index (χ1v) is 3.22. The lowest BCUT2D eigenvalue weighted by Crippen LogP contribution is -2.10. The summed E-state index contributed by atoms with van der Waals surface area (Å²) >= 11 is 5.52. The van der Waals surface area contributed by atoms with E-state index in [1.165, 1.54) is 18.0 Å². The van der Waals surface area contributed by atoms with Gasteiger partial charge in [-0.05, 0) is 11.6 Å². The fourth-order valence-electron chi connectivity index (χ4n) is 0.551. The molecule has 0 atom stereocenters. The van der Waals surface area contributed by atoms with Crippen molar-refractivity contribution in [3.05, 3.63) is 11.6 Å². The summed E-state index contributed by atoms with van der Waals surface area (Å²) < 4.78 is 5.79. The van der Waals surface area contributed by atoms with Crippen LogP contribution in [0.5, 0.6) is 0 Å². The molecule has 1 aromatic heterocycles. The molecule has 5 nitrogen and oxygen atoms in total. The molecule has 0 amide bonds. The number of ether oxygens (including phenoxy) is 1. The van der Waals surface area contributed by atoms with Crippen molar-refractivity contribution < 1.29 is 9.53 Å². The average Bonchev–Trinajstić information content (AvgIpc) is 2.37. The fourth-order valence-corrected chi connectivity index (χ4v) is 0.698. The van der Waals surface area contributed by atoms with E-state index in [0.717, 1.165) is 0 Å². The lowest BCUT2D eigenvalue weighted by molar-refractivity contribution is -0.141. The van der Waals surface area contributed by atoms with Gasteiger partial charge in [0.25, 0.3) is 0 Å². The largest absolute Gasteiger partial charge is 0.468 e. The van der Waals surface area contributed by atoms with Gasteiger partial charge in [-0.1, -0.05) is 0 Å². The van der Waals surface area contributed by atoms with Crippen LogP contribution >= 0.6 is 11.6 Å². The van der Waals surface area contributed by atoms with Gasteiger partial charge < -0.3 is 4.74 Å². The van der Waals surface area contributed by atoms with Crippen LogP contribution in [-0.2, 0) is 16.1 Å². The Morgan fingerprint density at radius 1 is 1.91 bits per heavy atom. The Bertz CT molecular complexity index is 260. The summed E-state index contributed by atoms with van der Waals surface area (Å²) in [6.45, 7) is 0.0440. The third kappa shape index (κ3) is 1.91. The number of methoxy groups -OCH3 is 1. The maximum Gasteiger partial charge on any atom is 0.325 e. The van der Waals surface area contributed by atoms with E-state index >= 15 is 0 Å². The Balaban J connectivity index is 2.64. The molecule has 0 saturated heterocycles. The van der Waals surface area contributed by atoms with E-state index < -0.39 is 0 Å². The first kappa shape index (κ1) is 8.00. The molecular formula is C5H6ClN3O2. The molecular weight excluding hydrogens is 170 g/mol. The number of nitrogens with zero attached hydrogens (tertiary/aromatic N) is 3. The highest BCUT2D eigenvalue weighted by molar-refractivity contribution is 6.28. The van der Waals surface area contributed by atoms with Crippen molar-refractivity contribution in [2.45, 2.75) is 6.54 Å². The molecule has 6 heteroatoms. The first-order valence-electron chi connectivity index (χ1n) is 2.84. The second-order valence-corrected chi connectivity index (χ2v) is 2.14. The number of rotatable bonds is 2. The van der Waals surface area contributed by atoms with Crippen molar-refractivity contribution >= 4 is 17.6 Å². The van der Waals surface area contributed by atoms with E-state index in [0.29, 0.717) is 0 Å². The third-order valence-electron chi connectivity index (χ3n) is 1.10. The second kappa shape index (κ2) is 3.34. The molecule has 1 aromatic rings. The molecule has 0 radical (unpaired) electrons. The molecule has 0 aliphatic carbocycles. The minimum atomic E-state index is -0.383. The number of halogens is 1. The smallest absolute Gasteiger partial charge is 0.325 e. The lowest BCUT2D eigenvalue weighted by Gasteiger charge is -1.98. The molecule has 0 fully saturated rings. The maximum absolute atomic E-state index is 10.7. The Morgan fingerprint density at radius 2 is 2.64 bits per heavy atom. The second-order valence-electron chi connectivity index (χ2n) is 1.80. The van der Waals surface area contributed by atoms with Gasteiger partial charge in [-0.25, -0.2) is 0 Å². The van der Waals surface area contributed by atoms with Crippen molar-refractivity contribution in [3.8, 4) is 0 Å². The molecule has 0 bridgehead atoms. The lowest BCUT2D eigenvalue weighted by atomic mass is 10.6. The van der Waals surface area contributed by atoms with Crippen LogP contribution in [0.2, 0.25) is 5.28 Å². The minimum absolute atomic E-state index is 0.0440. The normalized spacial score (nSPS) is 9.64. The van der Waals surface area contributed by atoms with Gasteiger partial charge in [-0.3, -0.25) is 9.36 Å². The summed E-state index contributed by atoms with van der Waals surface area (Å²) in [6.07, 6.45) is 1.36. The fraction of sp³-hybridized carbons (Fsp3) is 0.400. The Morgan fingerprint density at radius 3 is 3.09 bits per heavy atom. The highest BCUT2D eigenvalue weighted by Crippen LogP contribution is 2.01. The Labute approximate surface area is 67.9 Å². The molecule has 0 unspecified atom stereocenters. The zero-order valence-corrected chi connectivity index (χ0v) is 6.58. The van der Waals surface area contributed by atoms with Gasteiger partial charge in [0.05, 0.1) is 7.11 Å². The van der Waals surface area contributed by atoms with Crippen LogP contribution in [-0.4, -0.2) is 27.8 Å². The van der Waals surface area contributed by atoms with Gasteiger partial charge in [-0.2, -0.15) is 0 Å². The van der Waals surface area contributed by atoms with Crippen LogP contribution in [0, 0.1) is 0 Å². The van der Waals surface area contributed by atoms with Crippen LogP contribution < -0.4 is 0 Å². The molecule has 0 aromatic carbocycles. The van der Waals surface area contributed by atoms with Crippen LogP contribution in [0.3, 0.4) is 0 Å². The number of hydrogen-bond acceptors (Lipinski definition) is 4. The summed E-state index contributed by atoms with van der Waals surface area (Å²) in [6, 6.07) is 0. The third-order valence-corrected chi connectivity index (χ3v) is 1.39. The highest BCUT2D eigenvalue weighted by atomic mass is 35.5. The molecule has 0 saturated carbocycles. The van der Waals surface area contributed by atoms with E-state index in [1.54, 1.807) is 0 Å². The van der Waals surface area contributed by atoms with Crippen LogP contribution in [0.4, 0.5) is 0 Å². The quantitative estimate of drug-likeness (QED) is 0.599. The van der Waals surface area contributed by atoms with E-state index in [2.05, 4.69) is 14.9 Å². The van der Waals surface area contributed by atoms with Crippen LogP contribution in [0.1, 0.15) is 0 Å². The van der Waals surface area contributed by atoms with Crippen LogP contribution in [0.15, 0.2) is 6.33 Å². The molecule has 1 heterocycles. The average molecular weight is 176 g/mol. The van der Waals surface area contributed by atoms with Crippen molar-refractivity contribution in [3.63, 3.8) is 0 Å². The summed E-state index contributed by atoms with van der Waals surface area (Å²) in [5, 5.41) is 7.13. The van der Waals surface area contributed by atoms with Crippen molar-refractivity contribution in [1.82, 2.24) is 14.8 Å². The van der Waals surface area contributed by atoms with Gasteiger partial charge in [-0.15, -0.1) is 10.2 Å². The number of carbonyl (C=O) groups excluding carboxylic acids is 1. The summed E-state index contributed by atoms with van der Waals surface area (Å²) in [4.78, 5) is 10.7. The molecule has 0 aliphatic rings. The number of aromatic nitrogens is 3. The topological polar surface area (TPSA) is 57.0 Å². The molecule has 11 heavy (non-hydrogen) atoms. The van der Waals surface area contributed by atoms with Gasteiger partial charge >= 0.3 is 5.97 Å². The monoisotopic (exact) mass is 175 g/mol. The standard InChI is InChI=1S/C5H6ClN3O2/c1-11-4(10)2-9-3-7-8-5(9)6/h3H,2H2,1H3. The molecule has 0 spiro atoms. The van der Waals surface area contributed by atoms with Gasteiger partial charge in [0.1, 0.15) is 12.9 Å². The van der Waals surface area contributed by atoms with Crippen molar-refractivity contribution in [2.75, 3.05) is 7.11 Å². The zero-order chi connectivity index (χ0) is 8.27. The van der Waals surface area contributed by atoms with Gasteiger partial charge in [0, 0.05) is 0 Å². The maximum atomic E-state index is 10.7. The Hall–Kier alpha value is -1.10. The van der Waals surface area contributed by atoms with Crippen molar-refractivity contribution in [2.24, 2.45) is 0 Å². The highest BCUT2D eigenvalue weighted by Gasteiger charge is 2.05. The predicted octanol–water partition coefficient (Wildman–Crippen LogP) is 0.105. The summed E-state index contributed by atoms with van der Waals surface area (Å²) in [7, 11) is 1.31. The summed E-state index contributed by atoms with van der Waals surface area (Å²) in [5.74, 6) is -0.383. The Kier molecular flexibility index (Phi) is 2.43. The van der Waals surface area contributed by atoms with Gasteiger partial charge in [0.2, 0.25) is 5.28 Å². The van der Waals surface area contributed by atoms with E-state index in [4.69, 9.17) is 11.6 Å². The number of hydrogen-bond donors (Lipinski definition) is 0. The minimum Gasteiger partial charge on any atom is -0.468 e. The molecule has 0 N–H and O–H groups in total. The number of carbonyl (C=O) groups is 1. The van der Waals surface area contributed by atoms with E-state index in [-0.39, 0.29) is 17.8 Å². The van der Waals surface area contributed by atoms with E-state index in [1.807, 2.05) is 0 Å². The zero-order valence-electron chi connectivity index (χ0n) is 5.82.